The van der Waals surface area contributed by atoms with Gasteiger partial charge in [-0.05, 0) is 44.4 Å². The van der Waals surface area contributed by atoms with Crippen LogP contribution >= 0.6 is 23.2 Å². The van der Waals surface area contributed by atoms with Crippen molar-refractivity contribution in [3.8, 4) is 5.75 Å². The molecule has 1 aromatic rings. The summed E-state index contributed by atoms with van der Waals surface area (Å²) in [6, 6.07) is 4.98. The molecular weight excluding hydrogens is 389 g/mol. The molecule has 1 fully saturated rings. The number of carbonyl (C=O) groups excluding carboxylic acids is 2. The minimum atomic E-state index is -0.665. The Balaban J connectivity index is 1.74. The fourth-order valence-corrected chi connectivity index (χ4v) is 3.35. The maximum absolute atomic E-state index is 12.4. The Kier molecular flexibility index (Phi) is 8.67. The monoisotopic (exact) mass is 415 g/mol. The molecule has 1 aliphatic heterocycles. The largest absolute Gasteiger partial charge is 0.479 e. The van der Waals surface area contributed by atoms with E-state index in [9.17, 15) is 9.59 Å². The Bertz CT molecular complexity index is 649. The van der Waals surface area contributed by atoms with Gasteiger partial charge in [0, 0.05) is 30.7 Å². The van der Waals surface area contributed by atoms with Gasteiger partial charge in [0.2, 0.25) is 5.91 Å². The molecule has 0 bridgehead atoms. The molecule has 0 spiro atoms. The zero-order valence-electron chi connectivity index (χ0n) is 15.8. The van der Waals surface area contributed by atoms with Crippen LogP contribution in [0.15, 0.2) is 18.2 Å². The van der Waals surface area contributed by atoms with Crippen molar-refractivity contribution in [3.63, 3.8) is 0 Å². The van der Waals surface area contributed by atoms with Crippen LogP contribution in [0.1, 0.15) is 33.1 Å². The molecule has 2 rings (SSSR count). The van der Waals surface area contributed by atoms with Crippen LogP contribution in [0.5, 0.6) is 5.75 Å². The second-order valence-corrected chi connectivity index (χ2v) is 7.59. The second-order valence-electron chi connectivity index (χ2n) is 6.74. The highest BCUT2D eigenvalue weighted by atomic mass is 35.5. The summed E-state index contributed by atoms with van der Waals surface area (Å²) in [6.45, 7) is 6.40. The number of piperidine rings is 1. The molecule has 27 heavy (non-hydrogen) atoms. The lowest BCUT2D eigenvalue weighted by Crippen LogP contribution is -2.49. The minimum absolute atomic E-state index is 0.0567. The molecule has 1 heterocycles. The summed E-state index contributed by atoms with van der Waals surface area (Å²) in [5, 5.41) is 6.79. The number of benzene rings is 1. The zero-order valence-corrected chi connectivity index (χ0v) is 17.3. The topological polar surface area (TPSA) is 70.7 Å². The maximum atomic E-state index is 12.4. The van der Waals surface area contributed by atoms with E-state index in [1.807, 2.05) is 6.92 Å². The Labute approximate surface area is 170 Å². The first kappa shape index (κ1) is 21.8. The number of halogens is 2. The van der Waals surface area contributed by atoms with Crippen LogP contribution in [0, 0.1) is 0 Å². The van der Waals surface area contributed by atoms with Gasteiger partial charge >= 0.3 is 0 Å². The van der Waals surface area contributed by atoms with E-state index in [0.29, 0.717) is 28.9 Å². The average molecular weight is 416 g/mol. The lowest BCUT2D eigenvalue weighted by Gasteiger charge is -2.32. The average Bonchev–Trinajstić information content (AvgIpc) is 2.63. The third-order valence-corrected chi connectivity index (χ3v) is 4.97. The van der Waals surface area contributed by atoms with Crippen LogP contribution < -0.4 is 15.4 Å². The van der Waals surface area contributed by atoms with Gasteiger partial charge in [-0.2, -0.15) is 0 Å². The van der Waals surface area contributed by atoms with Gasteiger partial charge in [0.1, 0.15) is 5.75 Å². The molecule has 1 atom stereocenters. The summed E-state index contributed by atoms with van der Waals surface area (Å²) in [5.41, 5.74) is 0. The Morgan fingerprint density at radius 2 is 2.00 bits per heavy atom. The van der Waals surface area contributed by atoms with Gasteiger partial charge in [0.25, 0.3) is 5.91 Å². The van der Waals surface area contributed by atoms with Crippen molar-refractivity contribution < 1.29 is 14.3 Å². The van der Waals surface area contributed by atoms with Gasteiger partial charge < -0.3 is 15.4 Å². The molecule has 1 saturated heterocycles. The van der Waals surface area contributed by atoms with Crippen LogP contribution in [-0.4, -0.2) is 55.0 Å². The van der Waals surface area contributed by atoms with Crippen LogP contribution in [0.25, 0.3) is 0 Å². The molecule has 8 heteroatoms. The van der Waals surface area contributed by atoms with E-state index in [0.717, 1.165) is 32.4 Å². The summed E-state index contributed by atoms with van der Waals surface area (Å²) in [7, 11) is 0. The van der Waals surface area contributed by atoms with Crippen molar-refractivity contribution in [1.29, 1.82) is 0 Å². The molecular formula is C19H27Cl2N3O3. The molecule has 0 saturated carbocycles. The van der Waals surface area contributed by atoms with Gasteiger partial charge in [-0.3, -0.25) is 14.5 Å². The predicted octanol–water partition coefficient (Wildman–Crippen LogP) is 2.87. The summed E-state index contributed by atoms with van der Waals surface area (Å²) in [6.07, 6.45) is 1.88. The molecule has 0 aromatic heterocycles. The van der Waals surface area contributed by atoms with Crippen molar-refractivity contribution in [1.82, 2.24) is 15.5 Å². The number of nitrogens with one attached hydrogen (secondary N) is 2. The number of amides is 2. The van der Waals surface area contributed by atoms with Gasteiger partial charge in [-0.25, -0.2) is 0 Å². The van der Waals surface area contributed by atoms with E-state index < -0.39 is 6.10 Å². The van der Waals surface area contributed by atoms with Crippen molar-refractivity contribution in [3.05, 3.63) is 28.2 Å². The molecule has 2 N–H and O–H groups in total. The Morgan fingerprint density at radius 3 is 2.63 bits per heavy atom. The first-order valence-electron chi connectivity index (χ1n) is 9.30. The summed E-state index contributed by atoms with van der Waals surface area (Å²) < 4.78 is 5.65. The number of hydrogen-bond donors (Lipinski definition) is 2. The predicted molar refractivity (Wildman–Crippen MR) is 107 cm³/mol. The van der Waals surface area contributed by atoms with E-state index in [1.54, 1.807) is 25.1 Å². The fraction of sp³-hybridized carbons (Fsp3) is 0.579. The number of carbonyl (C=O) groups is 2. The van der Waals surface area contributed by atoms with Crippen molar-refractivity contribution >= 4 is 35.0 Å². The molecule has 150 valence electrons. The third kappa shape index (κ3) is 7.20. The number of nitrogens with zero attached hydrogens (tertiary/aromatic N) is 1. The standard InChI is InChI=1S/C19H27Cl2N3O3/c1-3-8-22-18(25)12-24-9-6-15(7-10-24)23-19(26)13(2)27-17-5-4-14(20)11-16(17)21/h4-5,11,13,15H,3,6-10,12H2,1-2H3,(H,22,25)(H,23,26). The second kappa shape index (κ2) is 10.7. The maximum Gasteiger partial charge on any atom is 0.260 e. The van der Waals surface area contributed by atoms with E-state index in [2.05, 4.69) is 15.5 Å². The lowest BCUT2D eigenvalue weighted by atomic mass is 10.0. The van der Waals surface area contributed by atoms with Gasteiger partial charge in [-0.1, -0.05) is 30.1 Å². The fourth-order valence-electron chi connectivity index (χ4n) is 2.89. The minimum Gasteiger partial charge on any atom is -0.479 e. The first-order valence-corrected chi connectivity index (χ1v) is 10.1. The Morgan fingerprint density at radius 1 is 1.30 bits per heavy atom. The first-order chi connectivity index (χ1) is 12.9. The third-order valence-electron chi connectivity index (χ3n) is 4.44. The van der Waals surface area contributed by atoms with E-state index >= 15 is 0 Å². The van der Waals surface area contributed by atoms with Crippen LogP contribution in [0.3, 0.4) is 0 Å². The highest BCUT2D eigenvalue weighted by Gasteiger charge is 2.24. The molecule has 1 aliphatic rings. The van der Waals surface area contributed by atoms with Crippen LogP contribution in [0.4, 0.5) is 0 Å². The molecule has 6 nitrogen and oxygen atoms in total. The zero-order chi connectivity index (χ0) is 19.8. The summed E-state index contributed by atoms with van der Waals surface area (Å²) in [5.74, 6) is 0.304. The quantitative estimate of drug-likeness (QED) is 0.684. The molecule has 0 radical (unpaired) electrons. The number of ether oxygens (including phenoxy) is 1. The van der Waals surface area contributed by atoms with Gasteiger partial charge in [0.05, 0.1) is 11.6 Å². The van der Waals surface area contributed by atoms with Gasteiger partial charge in [0.15, 0.2) is 6.10 Å². The van der Waals surface area contributed by atoms with E-state index in [1.165, 1.54) is 0 Å². The normalized spacial score (nSPS) is 16.6. The lowest BCUT2D eigenvalue weighted by molar-refractivity contribution is -0.128. The SMILES string of the molecule is CCCNC(=O)CN1CCC(NC(=O)C(C)Oc2ccc(Cl)cc2Cl)CC1. The van der Waals surface area contributed by atoms with E-state index in [4.69, 9.17) is 27.9 Å². The highest BCUT2D eigenvalue weighted by molar-refractivity contribution is 6.35. The number of likely N-dealkylation sites (tertiary alicyclic amines) is 1. The van der Waals surface area contributed by atoms with Crippen molar-refractivity contribution in [2.75, 3.05) is 26.2 Å². The molecule has 1 aromatic carbocycles. The molecule has 1 unspecified atom stereocenters. The van der Waals surface area contributed by atoms with Crippen molar-refractivity contribution in [2.24, 2.45) is 0 Å². The highest BCUT2D eigenvalue weighted by Crippen LogP contribution is 2.28. The molecule has 2 amide bonds. The smallest absolute Gasteiger partial charge is 0.260 e. The van der Waals surface area contributed by atoms with Gasteiger partial charge in [-0.15, -0.1) is 0 Å². The van der Waals surface area contributed by atoms with E-state index in [-0.39, 0.29) is 17.9 Å². The Hall–Kier alpha value is -1.50. The number of rotatable bonds is 8. The number of hydrogen-bond acceptors (Lipinski definition) is 4. The van der Waals surface area contributed by atoms with Crippen LogP contribution in [0.2, 0.25) is 10.0 Å². The van der Waals surface area contributed by atoms with Crippen molar-refractivity contribution in [2.45, 2.75) is 45.3 Å². The molecule has 0 aliphatic carbocycles. The van der Waals surface area contributed by atoms with Crippen LogP contribution in [-0.2, 0) is 9.59 Å². The summed E-state index contributed by atoms with van der Waals surface area (Å²) >= 11 is 11.9. The summed E-state index contributed by atoms with van der Waals surface area (Å²) in [4.78, 5) is 26.3.